The summed E-state index contributed by atoms with van der Waals surface area (Å²) in [6.45, 7) is 1.42. The monoisotopic (exact) mass is 249 g/mol. The zero-order valence-corrected chi connectivity index (χ0v) is 9.17. The Hall–Kier alpha value is -1.79. The average Bonchev–Trinajstić information content (AvgIpc) is 2.28. The number of nitrogens with zero attached hydrogens (tertiary/aromatic N) is 1. The minimum absolute atomic E-state index is 0.0574. The molecule has 0 N–H and O–H groups in total. The second-order valence-corrected chi connectivity index (χ2v) is 2.93. The molecule has 1 rings (SSSR count). The van der Waals surface area contributed by atoms with Crippen LogP contribution in [0.3, 0.4) is 0 Å². The molecule has 0 atom stereocenters. The topological polar surface area (TPSA) is 48.4 Å². The van der Waals surface area contributed by atoms with E-state index >= 15 is 0 Å². The maximum Gasteiger partial charge on any atom is 0.343 e. The van der Waals surface area contributed by atoms with Crippen LogP contribution in [0.5, 0.6) is 5.75 Å². The molecule has 1 aromatic rings. The molecule has 0 aliphatic rings. The summed E-state index contributed by atoms with van der Waals surface area (Å²) < 4.78 is 48.0. The summed E-state index contributed by atoms with van der Waals surface area (Å²) in [5.41, 5.74) is -1.74. The Bertz CT molecular complexity index is 424. The first-order chi connectivity index (χ1) is 8.02. The minimum Gasteiger partial charge on any atom is -0.495 e. The summed E-state index contributed by atoms with van der Waals surface area (Å²) in [7, 11) is 1.12. The van der Waals surface area contributed by atoms with E-state index in [2.05, 4.69) is 14.5 Å². The van der Waals surface area contributed by atoms with Gasteiger partial charge in [0, 0.05) is 0 Å². The highest BCUT2D eigenvalue weighted by atomic mass is 19.3. The van der Waals surface area contributed by atoms with Gasteiger partial charge in [-0.05, 0) is 6.92 Å². The van der Waals surface area contributed by atoms with E-state index < -0.39 is 29.5 Å². The van der Waals surface area contributed by atoms with E-state index in [1.807, 2.05) is 0 Å². The molecule has 0 aromatic carbocycles. The van der Waals surface area contributed by atoms with E-state index in [-0.39, 0.29) is 12.4 Å². The molecule has 0 aliphatic heterocycles. The second-order valence-electron chi connectivity index (χ2n) is 2.93. The maximum atomic E-state index is 13.3. The number of carbonyl (C=O) groups excluding carboxylic acids is 1. The third kappa shape index (κ3) is 2.66. The maximum absolute atomic E-state index is 13.3. The lowest BCUT2D eigenvalue weighted by Gasteiger charge is -2.12. The van der Waals surface area contributed by atoms with Gasteiger partial charge < -0.3 is 9.47 Å². The first-order valence-corrected chi connectivity index (χ1v) is 4.70. The lowest BCUT2D eigenvalue weighted by atomic mass is 10.1. The number of esters is 1. The first-order valence-electron chi connectivity index (χ1n) is 4.70. The van der Waals surface area contributed by atoms with Crippen LogP contribution in [0.2, 0.25) is 0 Å². The third-order valence-electron chi connectivity index (χ3n) is 1.95. The second kappa shape index (κ2) is 5.51. The predicted molar refractivity (Wildman–Crippen MR) is 51.7 cm³/mol. The van der Waals surface area contributed by atoms with Gasteiger partial charge in [0.2, 0.25) is 5.95 Å². The third-order valence-corrected chi connectivity index (χ3v) is 1.95. The van der Waals surface area contributed by atoms with E-state index in [1.165, 1.54) is 6.92 Å². The molecular formula is C10H10F3NO3. The first kappa shape index (κ1) is 13.3. The van der Waals surface area contributed by atoms with Crippen molar-refractivity contribution in [3.63, 3.8) is 0 Å². The van der Waals surface area contributed by atoms with Crippen LogP contribution in [0.1, 0.15) is 29.3 Å². The lowest BCUT2D eigenvalue weighted by molar-refractivity contribution is 0.0506. The van der Waals surface area contributed by atoms with Gasteiger partial charge in [0.25, 0.3) is 6.43 Å². The Morgan fingerprint density at radius 3 is 2.65 bits per heavy atom. The Labute approximate surface area is 95.4 Å². The van der Waals surface area contributed by atoms with Crippen molar-refractivity contribution in [2.24, 2.45) is 0 Å². The molecule has 0 saturated carbocycles. The minimum atomic E-state index is -3.07. The molecule has 1 aromatic heterocycles. The van der Waals surface area contributed by atoms with Gasteiger partial charge in [-0.3, -0.25) is 0 Å². The zero-order chi connectivity index (χ0) is 13.0. The number of halogens is 3. The number of ether oxygens (including phenoxy) is 2. The number of hydrogen-bond acceptors (Lipinski definition) is 4. The smallest absolute Gasteiger partial charge is 0.343 e. The molecule has 94 valence electrons. The summed E-state index contributed by atoms with van der Waals surface area (Å²) in [6.07, 6.45) is -2.28. The van der Waals surface area contributed by atoms with Crippen LogP contribution in [-0.4, -0.2) is 24.7 Å². The van der Waals surface area contributed by atoms with Gasteiger partial charge in [0.05, 0.1) is 25.5 Å². The van der Waals surface area contributed by atoms with Crippen LogP contribution in [-0.2, 0) is 4.74 Å². The van der Waals surface area contributed by atoms with Crippen molar-refractivity contribution in [3.8, 4) is 5.75 Å². The number of rotatable bonds is 4. The molecule has 0 amide bonds. The molecule has 0 saturated heterocycles. The van der Waals surface area contributed by atoms with Crippen LogP contribution in [0.25, 0.3) is 0 Å². The predicted octanol–water partition coefficient (Wildman–Crippen LogP) is 2.34. The van der Waals surface area contributed by atoms with Gasteiger partial charge in [-0.25, -0.2) is 18.6 Å². The van der Waals surface area contributed by atoms with Crippen LogP contribution in [0.15, 0.2) is 6.20 Å². The molecule has 0 fully saturated rings. The Balaban J connectivity index is 3.38. The fourth-order valence-electron chi connectivity index (χ4n) is 1.26. The molecular weight excluding hydrogens is 239 g/mol. The normalized spacial score (nSPS) is 10.5. The molecule has 0 bridgehead atoms. The number of methoxy groups -OCH3 is 1. The van der Waals surface area contributed by atoms with Crippen molar-refractivity contribution in [2.75, 3.05) is 13.7 Å². The van der Waals surface area contributed by atoms with Crippen molar-refractivity contribution >= 4 is 5.97 Å². The Kier molecular flexibility index (Phi) is 4.30. The molecule has 0 spiro atoms. The van der Waals surface area contributed by atoms with E-state index in [4.69, 9.17) is 0 Å². The SMILES string of the molecule is CCOC(=O)c1c(F)ncc(OC)c1C(F)F. The number of alkyl halides is 2. The van der Waals surface area contributed by atoms with E-state index in [1.54, 1.807) is 0 Å². The molecule has 0 aliphatic carbocycles. The van der Waals surface area contributed by atoms with Crippen molar-refractivity contribution in [2.45, 2.75) is 13.3 Å². The zero-order valence-electron chi connectivity index (χ0n) is 9.17. The Morgan fingerprint density at radius 1 is 1.53 bits per heavy atom. The summed E-state index contributed by atoms with van der Waals surface area (Å²) in [4.78, 5) is 14.5. The summed E-state index contributed by atoms with van der Waals surface area (Å²) >= 11 is 0. The fraction of sp³-hybridized carbons (Fsp3) is 0.400. The van der Waals surface area contributed by atoms with Gasteiger partial charge in [-0.2, -0.15) is 4.39 Å². The van der Waals surface area contributed by atoms with Crippen LogP contribution >= 0.6 is 0 Å². The van der Waals surface area contributed by atoms with E-state index in [9.17, 15) is 18.0 Å². The van der Waals surface area contributed by atoms with Crippen molar-refractivity contribution in [1.82, 2.24) is 4.98 Å². The van der Waals surface area contributed by atoms with Crippen molar-refractivity contribution < 1.29 is 27.4 Å². The molecule has 7 heteroatoms. The highest BCUT2D eigenvalue weighted by Gasteiger charge is 2.28. The van der Waals surface area contributed by atoms with Crippen LogP contribution in [0.4, 0.5) is 13.2 Å². The molecule has 1 heterocycles. The summed E-state index contributed by atoms with van der Waals surface area (Å²) in [5, 5.41) is 0. The fourth-order valence-corrected chi connectivity index (χ4v) is 1.26. The van der Waals surface area contributed by atoms with Crippen molar-refractivity contribution in [3.05, 3.63) is 23.3 Å². The summed E-state index contributed by atoms with van der Waals surface area (Å²) in [5.74, 6) is -2.85. The quantitative estimate of drug-likeness (QED) is 0.607. The van der Waals surface area contributed by atoms with E-state index in [0.717, 1.165) is 13.3 Å². The number of hydrogen-bond donors (Lipinski definition) is 0. The number of pyridine rings is 1. The highest BCUT2D eigenvalue weighted by Crippen LogP contribution is 2.32. The lowest BCUT2D eigenvalue weighted by Crippen LogP contribution is -2.13. The Morgan fingerprint density at radius 2 is 2.18 bits per heavy atom. The van der Waals surface area contributed by atoms with Crippen LogP contribution < -0.4 is 4.74 Å². The molecule has 0 unspecified atom stereocenters. The van der Waals surface area contributed by atoms with Gasteiger partial charge in [0.15, 0.2) is 0 Å². The van der Waals surface area contributed by atoms with Crippen LogP contribution in [0, 0.1) is 5.95 Å². The molecule has 17 heavy (non-hydrogen) atoms. The van der Waals surface area contributed by atoms with Gasteiger partial charge >= 0.3 is 5.97 Å². The summed E-state index contributed by atoms with van der Waals surface area (Å²) in [6, 6.07) is 0. The van der Waals surface area contributed by atoms with Crippen molar-refractivity contribution in [1.29, 1.82) is 0 Å². The highest BCUT2D eigenvalue weighted by molar-refractivity contribution is 5.91. The van der Waals surface area contributed by atoms with Gasteiger partial charge in [-0.1, -0.05) is 0 Å². The largest absolute Gasteiger partial charge is 0.495 e. The van der Waals surface area contributed by atoms with E-state index in [0.29, 0.717) is 0 Å². The molecule has 0 radical (unpaired) electrons. The number of carbonyl (C=O) groups is 1. The average molecular weight is 249 g/mol. The molecule has 4 nitrogen and oxygen atoms in total. The number of aromatic nitrogens is 1. The van der Waals surface area contributed by atoms with Gasteiger partial charge in [0.1, 0.15) is 11.3 Å². The van der Waals surface area contributed by atoms with Gasteiger partial charge in [-0.15, -0.1) is 0 Å². The standard InChI is InChI=1S/C10H10F3NO3/c1-3-17-10(15)7-6(8(11)12)5(16-2)4-14-9(7)13/h4,8H,3H2,1-2H3.